The van der Waals surface area contributed by atoms with Crippen LogP contribution < -0.4 is 5.32 Å². The highest BCUT2D eigenvalue weighted by Crippen LogP contribution is 2.10. The van der Waals surface area contributed by atoms with Gasteiger partial charge in [0.1, 0.15) is 6.04 Å². The molecule has 0 aromatic carbocycles. The standard InChI is InChI=1S/C11H16BrNO5/c1-8(15)18-4-2-3-9(6-12)5-10(11(16)17)13-7-14/h5,7,10H,2-4,6H2,1H3,(H,13,14)(H,16,17)/b9-5-. The second kappa shape index (κ2) is 9.64. The molecule has 0 aromatic heterocycles. The molecule has 0 saturated carbocycles. The number of hydrogen-bond donors (Lipinski definition) is 2. The van der Waals surface area contributed by atoms with E-state index in [0.29, 0.717) is 31.2 Å². The first kappa shape index (κ1) is 16.6. The van der Waals surface area contributed by atoms with Gasteiger partial charge in [0.15, 0.2) is 0 Å². The summed E-state index contributed by atoms with van der Waals surface area (Å²) in [6.45, 7) is 1.62. The van der Waals surface area contributed by atoms with E-state index in [9.17, 15) is 14.4 Å². The molecule has 0 heterocycles. The Morgan fingerprint density at radius 3 is 2.61 bits per heavy atom. The SMILES string of the molecule is CC(=O)OCCC/C(=C/C(NC=O)C(=O)O)CBr. The molecule has 1 amide bonds. The second-order valence-electron chi connectivity index (χ2n) is 3.50. The highest BCUT2D eigenvalue weighted by atomic mass is 79.9. The van der Waals surface area contributed by atoms with Crippen LogP contribution in [0, 0.1) is 0 Å². The van der Waals surface area contributed by atoms with Crippen molar-refractivity contribution < 1.29 is 24.2 Å². The van der Waals surface area contributed by atoms with Crippen molar-refractivity contribution in [2.24, 2.45) is 0 Å². The van der Waals surface area contributed by atoms with E-state index in [0.717, 1.165) is 5.57 Å². The molecule has 0 aliphatic rings. The molecule has 0 rings (SSSR count). The smallest absolute Gasteiger partial charge is 0.330 e. The average molecular weight is 322 g/mol. The number of carboxylic acid groups (broad SMARTS) is 1. The van der Waals surface area contributed by atoms with Crippen LogP contribution >= 0.6 is 15.9 Å². The number of alkyl halides is 1. The van der Waals surface area contributed by atoms with Crippen molar-refractivity contribution in [1.82, 2.24) is 5.32 Å². The van der Waals surface area contributed by atoms with Crippen molar-refractivity contribution in [1.29, 1.82) is 0 Å². The van der Waals surface area contributed by atoms with Gasteiger partial charge in [0, 0.05) is 12.3 Å². The monoisotopic (exact) mass is 321 g/mol. The number of amides is 1. The minimum absolute atomic E-state index is 0.290. The molecule has 102 valence electrons. The maximum absolute atomic E-state index is 10.8. The molecular formula is C11H16BrNO5. The van der Waals surface area contributed by atoms with E-state index in [-0.39, 0.29) is 5.97 Å². The van der Waals surface area contributed by atoms with Crippen LogP contribution in [0.1, 0.15) is 19.8 Å². The van der Waals surface area contributed by atoms with Crippen molar-refractivity contribution in [3.8, 4) is 0 Å². The molecule has 7 heteroatoms. The number of rotatable bonds is 9. The van der Waals surface area contributed by atoms with Crippen molar-refractivity contribution in [2.75, 3.05) is 11.9 Å². The second-order valence-corrected chi connectivity index (χ2v) is 4.06. The third-order valence-corrected chi connectivity index (χ3v) is 2.76. The zero-order valence-corrected chi connectivity index (χ0v) is 11.6. The number of aliphatic carboxylic acids is 1. The number of hydrogen-bond acceptors (Lipinski definition) is 4. The molecule has 1 unspecified atom stereocenters. The van der Waals surface area contributed by atoms with Gasteiger partial charge in [-0.3, -0.25) is 9.59 Å². The highest BCUT2D eigenvalue weighted by molar-refractivity contribution is 9.09. The Hall–Kier alpha value is -1.37. The number of nitrogens with one attached hydrogen (secondary N) is 1. The molecule has 18 heavy (non-hydrogen) atoms. The molecule has 0 aliphatic carbocycles. The summed E-state index contributed by atoms with van der Waals surface area (Å²) in [7, 11) is 0. The van der Waals surface area contributed by atoms with Gasteiger partial charge in [-0.2, -0.15) is 0 Å². The summed E-state index contributed by atoms with van der Waals surface area (Å²) in [4.78, 5) is 31.6. The molecule has 6 nitrogen and oxygen atoms in total. The fraction of sp³-hybridized carbons (Fsp3) is 0.545. The van der Waals surface area contributed by atoms with Crippen LogP contribution in [0.15, 0.2) is 11.6 Å². The fourth-order valence-electron chi connectivity index (χ4n) is 1.21. The third kappa shape index (κ3) is 7.83. The van der Waals surface area contributed by atoms with Gasteiger partial charge >= 0.3 is 11.9 Å². The van der Waals surface area contributed by atoms with Crippen LogP contribution in [0.25, 0.3) is 0 Å². The molecule has 0 saturated heterocycles. The summed E-state index contributed by atoms with van der Waals surface area (Å²) in [5, 5.41) is 11.5. The van der Waals surface area contributed by atoms with Crippen molar-refractivity contribution in [3.63, 3.8) is 0 Å². The Bertz CT molecular complexity index is 329. The zero-order valence-electron chi connectivity index (χ0n) is 10.0. The maximum atomic E-state index is 10.8. The molecule has 0 radical (unpaired) electrons. The Kier molecular flexibility index (Phi) is 8.91. The Labute approximate surface area is 114 Å². The molecular weight excluding hydrogens is 306 g/mol. The molecule has 1 atom stereocenters. The number of carbonyl (C=O) groups excluding carboxylic acids is 2. The average Bonchev–Trinajstić information content (AvgIpc) is 2.31. The van der Waals surface area contributed by atoms with Gasteiger partial charge < -0.3 is 15.2 Å². The van der Waals surface area contributed by atoms with E-state index in [1.54, 1.807) is 0 Å². The molecule has 0 aromatic rings. The number of ether oxygens (including phenoxy) is 1. The number of carboxylic acids is 1. The number of carbonyl (C=O) groups is 3. The lowest BCUT2D eigenvalue weighted by Crippen LogP contribution is -2.34. The van der Waals surface area contributed by atoms with Crippen LogP contribution in [0.3, 0.4) is 0 Å². The van der Waals surface area contributed by atoms with Crippen LogP contribution in [-0.2, 0) is 19.1 Å². The van der Waals surface area contributed by atoms with Crippen LogP contribution in [0.5, 0.6) is 0 Å². The molecule has 0 aliphatic heterocycles. The van der Waals surface area contributed by atoms with Gasteiger partial charge in [-0.05, 0) is 12.8 Å². The zero-order chi connectivity index (χ0) is 14.0. The summed E-state index contributed by atoms with van der Waals surface area (Å²) >= 11 is 3.24. The Morgan fingerprint density at radius 1 is 1.50 bits per heavy atom. The van der Waals surface area contributed by atoms with Crippen molar-refractivity contribution in [2.45, 2.75) is 25.8 Å². The van der Waals surface area contributed by atoms with E-state index in [1.165, 1.54) is 13.0 Å². The normalized spacial score (nSPS) is 12.7. The van der Waals surface area contributed by atoms with Gasteiger partial charge in [0.05, 0.1) is 6.61 Å². The van der Waals surface area contributed by atoms with Crippen LogP contribution in [0.4, 0.5) is 0 Å². The number of halogens is 1. The highest BCUT2D eigenvalue weighted by Gasteiger charge is 2.13. The largest absolute Gasteiger partial charge is 0.479 e. The number of allylic oxidation sites excluding steroid dienone is 1. The summed E-state index contributed by atoms with van der Waals surface area (Å²) in [5.74, 6) is -1.47. The minimum Gasteiger partial charge on any atom is -0.479 e. The first-order valence-corrected chi connectivity index (χ1v) is 6.44. The van der Waals surface area contributed by atoms with Gasteiger partial charge in [-0.1, -0.05) is 27.6 Å². The van der Waals surface area contributed by atoms with Crippen molar-refractivity contribution in [3.05, 3.63) is 11.6 Å². The predicted molar refractivity (Wildman–Crippen MR) is 68.4 cm³/mol. The summed E-state index contributed by atoms with van der Waals surface area (Å²) in [6.07, 6.45) is 3.01. The summed E-state index contributed by atoms with van der Waals surface area (Å²) < 4.78 is 4.77. The van der Waals surface area contributed by atoms with Gasteiger partial charge in [0.25, 0.3) is 0 Å². The first-order valence-electron chi connectivity index (χ1n) is 5.32. The van der Waals surface area contributed by atoms with Gasteiger partial charge in [-0.25, -0.2) is 4.79 Å². The quantitative estimate of drug-likeness (QED) is 0.216. The summed E-state index contributed by atoms with van der Waals surface area (Å²) in [5.41, 5.74) is 0.823. The van der Waals surface area contributed by atoms with E-state index in [1.807, 2.05) is 0 Å². The molecule has 0 bridgehead atoms. The summed E-state index contributed by atoms with van der Waals surface area (Å²) in [6, 6.07) is -1.04. The Balaban J connectivity index is 4.30. The maximum Gasteiger partial charge on any atom is 0.330 e. The Morgan fingerprint density at radius 2 is 2.17 bits per heavy atom. The molecule has 0 fully saturated rings. The minimum atomic E-state index is -1.12. The lowest BCUT2D eigenvalue weighted by Gasteiger charge is -2.09. The fourth-order valence-corrected chi connectivity index (χ4v) is 1.68. The molecule has 0 spiro atoms. The van der Waals surface area contributed by atoms with Gasteiger partial charge in [0.2, 0.25) is 6.41 Å². The third-order valence-electron chi connectivity index (χ3n) is 2.04. The van der Waals surface area contributed by atoms with E-state index >= 15 is 0 Å². The lowest BCUT2D eigenvalue weighted by atomic mass is 10.1. The van der Waals surface area contributed by atoms with E-state index < -0.39 is 12.0 Å². The van der Waals surface area contributed by atoms with Crippen LogP contribution in [0.2, 0.25) is 0 Å². The number of esters is 1. The topological polar surface area (TPSA) is 92.7 Å². The lowest BCUT2D eigenvalue weighted by molar-refractivity contribution is -0.141. The van der Waals surface area contributed by atoms with Crippen molar-refractivity contribution >= 4 is 34.3 Å². The van der Waals surface area contributed by atoms with Crippen LogP contribution in [-0.4, -0.2) is 41.4 Å². The first-order chi connectivity index (χ1) is 8.51. The van der Waals surface area contributed by atoms with E-state index in [2.05, 4.69) is 21.2 Å². The van der Waals surface area contributed by atoms with E-state index in [4.69, 9.17) is 9.84 Å². The van der Waals surface area contributed by atoms with Gasteiger partial charge in [-0.15, -0.1) is 0 Å². The molecule has 2 N–H and O–H groups in total. The predicted octanol–water partition coefficient (Wildman–Crippen LogP) is 0.850.